The molecule has 0 N–H and O–H groups in total. The van der Waals surface area contributed by atoms with Crippen LogP contribution in [0.4, 0.5) is 0 Å². The van der Waals surface area contributed by atoms with Gasteiger partial charge >= 0.3 is 0 Å². The van der Waals surface area contributed by atoms with Crippen LogP contribution in [0.5, 0.6) is 0 Å². The van der Waals surface area contributed by atoms with E-state index in [2.05, 4.69) is 45.2 Å². The lowest BCUT2D eigenvalue weighted by Crippen LogP contribution is -2.02. The van der Waals surface area contributed by atoms with Crippen LogP contribution in [0.25, 0.3) is 0 Å². The summed E-state index contributed by atoms with van der Waals surface area (Å²) in [6.45, 7) is 0. The molecule has 0 aromatic heterocycles. The van der Waals surface area contributed by atoms with E-state index in [1.165, 1.54) is 0 Å². The Labute approximate surface area is 104 Å². The van der Waals surface area contributed by atoms with Crippen molar-refractivity contribution >= 4 is 21.6 Å². The minimum atomic E-state index is 1.02. The summed E-state index contributed by atoms with van der Waals surface area (Å²) in [5.41, 5.74) is 3.30. The van der Waals surface area contributed by atoms with Crippen molar-refractivity contribution in [1.29, 1.82) is 0 Å². The maximum atomic E-state index is 4.36. The van der Waals surface area contributed by atoms with Crippen LogP contribution in [0.15, 0.2) is 64.1 Å². The van der Waals surface area contributed by atoms with Gasteiger partial charge in [-0.3, -0.25) is 4.99 Å². The van der Waals surface area contributed by atoms with Crippen LogP contribution >= 0.6 is 15.9 Å². The van der Waals surface area contributed by atoms with Gasteiger partial charge in [-0.25, -0.2) is 0 Å². The van der Waals surface area contributed by atoms with Crippen molar-refractivity contribution in [3.05, 3.63) is 70.2 Å². The second-order valence-electron chi connectivity index (χ2n) is 3.45. The van der Waals surface area contributed by atoms with Crippen molar-refractivity contribution < 1.29 is 0 Å². The zero-order chi connectivity index (χ0) is 11.4. The zero-order valence-corrected chi connectivity index (χ0v) is 10.6. The SMILES string of the molecule is CN=C(c1ccccc1)c1ccc(Br)cc1. The van der Waals surface area contributed by atoms with E-state index in [9.17, 15) is 0 Å². The number of aliphatic imine (C=N–C) groups is 1. The highest BCUT2D eigenvalue weighted by molar-refractivity contribution is 9.10. The Morgan fingerprint density at radius 2 is 1.44 bits per heavy atom. The zero-order valence-electron chi connectivity index (χ0n) is 9.02. The molecule has 80 valence electrons. The molecule has 0 radical (unpaired) electrons. The summed E-state index contributed by atoms with van der Waals surface area (Å²) in [5, 5.41) is 0. The molecule has 2 aromatic carbocycles. The second-order valence-corrected chi connectivity index (χ2v) is 4.36. The minimum absolute atomic E-state index is 1.02. The number of hydrogen-bond donors (Lipinski definition) is 0. The van der Waals surface area contributed by atoms with E-state index in [1.54, 1.807) is 0 Å². The second kappa shape index (κ2) is 5.08. The molecule has 0 saturated heterocycles. The minimum Gasteiger partial charge on any atom is -0.287 e. The fourth-order valence-corrected chi connectivity index (χ4v) is 1.89. The Hall–Kier alpha value is -1.41. The lowest BCUT2D eigenvalue weighted by molar-refractivity contribution is 1.41. The number of nitrogens with zero attached hydrogens (tertiary/aromatic N) is 1. The van der Waals surface area contributed by atoms with Crippen molar-refractivity contribution in [2.45, 2.75) is 0 Å². The molecular formula is C14H12BrN. The summed E-state index contributed by atoms with van der Waals surface area (Å²) in [7, 11) is 1.82. The molecule has 0 aliphatic heterocycles. The molecule has 2 aromatic rings. The van der Waals surface area contributed by atoms with Gasteiger partial charge in [0.2, 0.25) is 0 Å². The Balaban J connectivity index is 2.42. The van der Waals surface area contributed by atoms with Crippen molar-refractivity contribution in [3.63, 3.8) is 0 Å². The average molecular weight is 274 g/mol. The first kappa shape index (κ1) is 11.1. The molecule has 16 heavy (non-hydrogen) atoms. The third-order valence-corrected chi connectivity index (χ3v) is 2.92. The van der Waals surface area contributed by atoms with Gasteiger partial charge in [-0.15, -0.1) is 0 Å². The fourth-order valence-electron chi connectivity index (χ4n) is 1.63. The van der Waals surface area contributed by atoms with E-state index in [4.69, 9.17) is 0 Å². The summed E-state index contributed by atoms with van der Waals surface area (Å²) in [4.78, 5) is 4.36. The van der Waals surface area contributed by atoms with Crippen LogP contribution in [-0.4, -0.2) is 12.8 Å². The average Bonchev–Trinajstić information content (AvgIpc) is 2.34. The fraction of sp³-hybridized carbons (Fsp3) is 0.0714. The van der Waals surface area contributed by atoms with Crippen LogP contribution in [0, 0.1) is 0 Å². The van der Waals surface area contributed by atoms with E-state index < -0.39 is 0 Å². The predicted molar refractivity (Wildman–Crippen MR) is 72.1 cm³/mol. The molecule has 0 amide bonds. The maximum Gasteiger partial charge on any atom is 0.0715 e. The monoisotopic (exact) mass is 273 g/mol. The first-order valence-corrected chi connectivity index (χ1v) is 5.88. The van der Waals surface area contributed by atoms with Gasteiger partial charge in [-0.05, 0) is 12.1 Å². The topological polar surface area (TPSA) is 12.4 Å². The first-order chi connectivity index (χ1) is 7.81. The van der Waals surface area contributed by atoms with Crippen molar-refractivity contribution in [2.75, 3.05) is 7.05 Å². The van der Waals surface area contributed by atoms with Crippen molar-refractivity contribution in [2.24, 2.45) is 4.99 Å². The lowest BCUT2D eigenvalue weighted by atomic mass is 10.0. The van der Waals surface area contributed by atoms with E-state index in [0.717, 1.165) is 21.3 Å². The summed E-state index contributed by atoms with van der Waals surface area (Å²) in [5.74, 6) is 0. The van der Waals surface area contributed by atoms with E-state index in [0.29, 0.717) is 0 Å². The summed E-state index contributed by atoms with van der Waals surface area (Å²) in [6, 6.07) is 18.4. The molecule has 0 fully saturated rings. The Bertz CT molecular complexity index is 486. The number of benzene rings is 2. The Morgan fingerprint density at radius 3 is 2.00 bits per heavy atom. The van der Waals surface area contributed by atoms with Crippen LogP contribution in [0.1, 0.15) is 11.1 Å². The normalized spacial score (nSPS) is 11.5. The molecule has 0 atom stereocenters. The molecule has 0 saturated carbocycles. The van der Waals surface area contributed by atoms with Gasteiger partial charge in [0.15, 0.2) is 0 Å². The van der Waals surface area contributed by atoms with E-state index in [-0.39, 0.29) is 0 Å². The third-order valence-electron chi connectivity index (χ3n) is 2.39. The van der Waals surface area contributed by atoms with Gasteiger partial charge in [0, 0.05) is 22.6 Å². The molecule has 0 spiro atoms. The predicted octanol–water partition coefficient (Wildman–Crippen LogP) is 3.92. The molecule has 0 aliphatic rings. The van der Waals surface area contributed by atoms with Crippen LogP contribution in [-0.2, 0) is 0 Å². The Morgan fingerprint density at radius 1 is 0.875 bits per heavy atom. The number of halogens is 1. The van der Waals surface area contributed by atoms with Crippen LogP contribution < -0.4 is 0 Å². The number of rotatable bonds is 2. The van der Waals surface area contributed by atoms with E-state index in [1.807, 2.05) is 37.4 Å². The molecular weight excluding hydrogens is 262 g/mol. The van der Waals surface area contributed by atoms with Gasteiger partial charge in [0.25, 0.3) is 0 Å². The van der Waals surface area contributed by atoms with Gasteiger partial charge in [0.1, 0.15) is 0 Å². The summed E-state index contributed by atoms with van der Waals surface area (Å²) in [6.07, 6.45) is 0. The van der Waals surface area contributed by atoms with E-state index >= 15 is 0 Å². The van der Waals surface area contributed by atoms with Crippen molar-refractivity contribution in [3.8, 4) is 0 Å². The Kier molecular flexibility index (Phi) is 3.52. The molecule has 0 aliphatic carbocycles. The smallest absolute Gasteiger partial charge is 0.0715 e. The molecule has 2 rings (SSSR count). The largest absolute Gasteiger partial charge is 0.287 e. The molecule has 2 heteroatoms. The molecule has 1 nitrogen and oxygen atoms in total. The molecule has 0 bridgehead atoms. The molecule has 0 heterocycles. The highest BCUT2D eigenvalue weighted by Crippen LogP contribution is 2.14. The lowest BCUT2D eigenvalue weighted by Gasteiger charge is -2.06. The number of hydrogen-bond acceptors (Lipinski definition) is 1. The van der Waals surface area contributed by atoms with Crippen LogP contribution in [0.3, 0.4) is 0 Å². The standard InChI is InChI=1S/C14H12BrN/c1-16-14(11-5-3-2-4-6-11)12-7-9-13(15)10-8-12/h2-10H,1H3. The molecule has 0 unspecified atom stereocenters. The van der Waals surface area contributed by atoms with Gasteiger partial charge < -0.3 is 0 Å². The van der Waals surface area contributed by atoms with Crippen LogP contribution in [0.2, 0.25) is 0 Å². The van der Waals surface area contributed by atoms with Gasteiger partial charge in [-0.1, -0.05) is 58.4 Å². The first-order valence-electron chi connectivity index (χ1n) is 5.09. The summed E-state index contributed by atoms with van der Waals surface area (Å²) < 4.78 is 1.08. The maximum absolute atomic E-state index is 4.36. The highest BCUT2D eigenvalue weighted by Gasteiger charge is 2.04. The quantitative estimate of drug-likeness (QED) is 0.736. The van der Waals surface area contributed by atoms with Gasteiger partial charge in [0.05, 0.1) is 5.71 Å². The third kappa shape index (κ3) is 2.39. The van der Waals surface area contributed by atoms with Crippen molar-refractivity contribution in [1.82, 2.24) is 0 Å². The van der Waals surface area contributed by atoms with Gasteiger partial charge in [-0.2, -0.15) is 0 Å². The highest BCUT2D eigenvalue weighted by atomic mass is 79.9. The summed E-state index contributed by atoms with van der Waals surface area (Å²) >= 11 is 3.43.